The van der Waals surface area contributed by atoms with E-state index in [1.165, 1.54) is 11.3 Å². The van der Waals surface area contributed by atoms with Gasteiger partial charge in [0.25, 0.3) is 0 Å². The van der Waals surface area contributed by atoms with Crippen LogP contribution in [-0.4, -0.2) is 16.9 Å². The van der Waals surface area contributed by atoms with E-state index < -0.39 is 0 Å². The van der Waals surface area contributed by atoms with E-state index in [0.29, 0.717) is 24.7 Å². The third-order valence-electron chi connectivity index (χ3n) is 4.24. The molecule has 0 amide bonds. The fourth-order valence-corrected chi connectivity index (χ4v) is 3.48. The van der Waals surface area contributed by atoms with Gasteiger partial charge in [0.1, 0.15) is 0 Å². The molecule has 122 valence electrons. The van der Waals surface area contributed by atoms with Crippen LogP contribution in [0.2, 0.25) is 5.02 Å². The Kier molecular flexibility index (Phi) is 4.88. The number of Topliss-reactive ketones (excluding diaryl/α,β-unsaturated/α-hetero) is 1. The van der Waals surface area contributed by atoms with Crippen LogP contribution in [0.1, 0.15) is 31.5 Å². The Morgan fingerprint density at radius 1 is 1.35 bits per heavy atom. The first-order valence-corrected chi connectivity index (χ1v) is 8.62. The molecule has 0 saturated carbocycles. The highest BCUT2D eigenvalue weighted by Gasteiger charge is 2.20. The van der Waals surface area contributed by atoms with E-state index in [2.05, 4.69) is 35.9 Å². The molecule has 1 aliphatic rings. The zero-order chi connectivity index (χ0) is 16.4. The molecule has 3 nitrogen and oxygen atoms in total. The van der Waals surface area contributed by atoms with Crippen LogP contribution in [0, 0.1) is 5.92 Å². The number of carbonyl (C=O) groups excluding carboxylic acids is 1. The second kappa shape index (κ2) is 6.90. The summed E-state index contributed by atoms with van der Waals surface area (Å²) in [4.78, 5) is 12.4. The van der Waals surface area contributed by atoms with Gasteiger partial charge in [0, 0.05) is 42.3 Å². The Morgan fingerprint density at radius 2 is 2.17 bits per heavy atom. The van der Waals surface area contributed by atoms with Crippen LogP contribution in [-0.2, 0) is 24.3 Å². The SMILES string of the molecule is CC(C)CC(=O)Cn1c(-c2cccc(Cl)c2)cc2c1CCNC2. The van der Waals surface area contributed by atoms with Crippen LogP contribution in [0.5, 0.6) is 0 Å². The van der Waals surface area contributed by atoms with Crippen molar-refractivity contribution in [2.75, 3.05) is 6.54 Å². The van der Waals surface area contributed by atoms with Gasteiger partial charge in [-0.15, -0.1) is 0 Å². The number of carbonyl (C=O) groups is 1. The van der Waals surface area contributed by atoms with Crippen LogP contribution in [0.15, 0.2) is 30.3 Å². The maximum Gasteiger partial charge on any atom is 0.152 e. The van der Waals surface area contributed by atoms with Crippen molar-refractivity contribution in [1.29, 1.82) is 0 Å². The van der Waals surface area contributed by atoms with Gasteiger partial charge in [0.15, 0.2) is 5.78 Å². The van der Waals surface area contributed by atoms with Crippen molar-refractivity contribution in [3.63, 3.8) is 0 Å². The van der Waals surface area contributed by atoms with Crippen molar-refractivity contribution < 1.29 is 4.79 Å². The molecule has 0 aliphatic carbocycles. The summed E-state index contributed by atoms with van der Waals surface area (Å²) >= 11 is 6.16. The smallest absolute Gasteiger partial charge is 0.152 e. The number of hydrogen-bond acceptors (Lipinski definition) is 2. The van der Waals surface area contributed by atoms with Crippen molar-refractivity contribution in [1.82, 2.24) is 9.88 Å². The Labute approximate surface area is 142 Å². The van der Waals surface area contributed by atoms with Gasteiger partial charge in [-0.1, -0.05) is 37.6 Å². The molecule has 0 bridgehead atoms. The molecule has 3 rings (SSSR count). The first-order chi connectivity index (χ1) is 11.0. The van der Waals surface area contributed by atoms with Gasteiger partial charge in [0.2, 0.25) is 0 Å². The van der Waals surface area contributed by atoms with Crippen LogP contribution in [0.25, 0.3) is 11.3 Å². The highest BCUT2D eigenvalue weighted by molar-refractivity contribution is 6.30. The lowest BCUT2D eigenvalue weighted by Gasteiger charge is -2.18. The van der Waals surface area contributed by atoms with E-state index in [1.807, 2.05) is 18.2 Å². The molecule has 1 aromatic carbocycles. The summed E-state index contributed by atoms with van der Waals surface area (Å²) in [5, 5.41) is 4.13. The van der Waals surface area contributed by atoms with Gasteiger partial charge in [-0.2, -0.15) is 0 Å². The first kappa shape index (κ1) is 16.3. The van der Waals surface area contributed by atoms with E-state index in [9.17, 15) is 4.79 Å². The largest absolute Gasteiger partial charge is 0.337 e. The number of benzene rings is 1. The lowest BCUT2D eigenvalue weighted by atomic mass is 10.1. The lowest BCUT2D eigenvalue weighted by Crippen LogP contribution is -2.25. The topological polar surface area (TPSA) is 34.0 Å². The fraction of sp³-hybridized carbons (Fsp3) is 0.421. The summed E-state index contributed by atoms with van der Waals surface area (Å²) in [6, 6.07) is 10.1. The molecule has 0 saturated heterocycles. The highest BCUT2D eigenvalue weighted by atomic mass is 35.5. The average Bonchev–Trinajstić information content (AvgIpc) is 2.85. The second-order valence-electron chi connectivity index (χ2n) is 6.66. The Bertz CT molecular complexity index is 718. The molecule has 2 aromatic rings. The summed E-state index contributed by atoms with van der Waals surface area (Å²) in [7, 11) is 0. The molecule has 1 N–H and O–H groups in total. The molecule has 2 heterocycles. The van der Waals surface area contributed by atoms with Crippen molar-refractivity contribution >= 4 is 17.4 Å². The summed E-state index contributed by atoms with van der Waals surface area (Å²) in [5.41, 5.74) is 4.75. The van der Waals surface area contributed by atoms with Crippen LogP contribution in [0.4, 0.5) is 0 Å². The fourth-order valence-electron chi connectivity index (χ4n) is 3.29. The van der Waals surface area contributed by atoms with Gasteiger partial charge in [-0.05, 0) is 35.2 Å². The minimum Gasteiger partial charge on any atom is -0.337 e. The van der Waals surface area contributed by atoms with Gasteiger partial charge < -0.3 is 9.88 Å². The molecule has 0 unspecified atom stereocenters. The predicted molar refractivity (Wildman–Crippen MR) is 94.8 cm³/mol. The van der Waals surface area contributed by atoms with E-state index >= 15 is 0 Å². The van der Waals surface area contributed by atoms with Crippen molar-refractivity contribution in [2.45, 2.75) is 39.8 Å². The minimum absolute atomic E-state index is 0.292. The number of halogens is 1. The average molecular weight is 331 g/mol. The van der Waals surface area contributed by atoms with E-state index in [4.69, 9.17) is 11.6 Å². The van der Waals surface area contributed by atoms with Gasteiger partial charge in [0.05, 0.1) is 6.54 Å². The van der Waals surface area contributed by atoms with E-state index in [1.54, 1.807) is 0 Å². The normalized spacial score (nSPS) is 14.1. The lowest BCUT2D eigenvalue weighted by molar-refractivity contribution is -0.120. The van der Waals surface area contributed by atoms with Crippen molar-refractivity contribution in [3.05, 3.63) is 46.6 Å². The third-order valence-corrected chi connectivity index (χ3v) is 4.48. The monoisotopic (exact) mass is 330 g/mol. The number of hydrogen-bond donors (Lipinski definition) is 1. The number of fused-ring (bicyclic) bond motifs is 1. The Balaban J connectivity index is 2.01. The number of rotatable bonds is 5. The molecule has 0 radical (unpaired) electrons. The quantitative estimate of drug-likeness (QED) is 0.896. The van der Waals surface area contributed by atoms with Crippen LogP contribution >= 0.6 is 11.6 Å². The second-order valence-corrected chi connectivity index (χ2v) is 7.10. The van der Waals surface area contributed by atoms with Gasteiger partial charge in [-0.25, -0.2) is 0 Å². The number of nitrogens with one attached hydrogen (secondary N) is 1. The van der Waals surface area contributed by atoms with E-state index in [0.717, 1.165) is 35.8 Å². The molecule has 0 atom stereocenters. The van der Waals surface area contributed by atoms with Crippen molar-refractivity contribution in [3.8, 4) is 11.3 Å². The summed E-state index contributed by atoms with van der Waals surface area (Å²) in [6.07, 6.45) is 1.59. The summed E-state index contributed by atoms with van der Waals surface area (Å²) < 4.78 is 2.20. The molecular formula is C19H23ClN2O. The highest BCUT2D eigenvalue weighted by Crippen LogP contribution is 2.30. The molecule has 4 heteroatoms. The number of ketones is 1. The maximum absolute atomic E-state index is 12.4. The Morgan fingerprint density at radius 3 is 2.91 bits per heavy atom. The molecule has 0 fully saturated rings. The molecule has 1 aliphatic heterocycles. The van der Waals surface area contributed by atoms with E-state index in [-0.39, 0.29) is 0 Å². The first-order valence-electron chi connectivity index (χ1n) is 8.24. The molecule has 23 heavy (non-hydrogen) atoms. The van der Waals surface area contributed by atoms with Crippen molar-refractivity contribution in [2.24, 2.45) is 5.92 Å². The van der Waals surface area contributed by atoms with Gasteiger partial charge in [-0.3, -0.25) is 4.79 Å². The predicted octanol–water partition coefficient (Wildman–Crippen LogP) is 4.07. The Hall–Kier alpha value is -1.58. The summed E-state index contributed by atoms with van der Waals surface area (Å²) in [6.45, 7) is 6.46. The number of aromatic nitrogens is 1. The molecule has 0 spiro atoms. The standard InChI is InChI=1S/C19H23ClN2O/c1-13(2)8-17(23)12-22-18-6-7-21-11-15(18)10-19(22)14-4-3-5-16(20)9-14/h3-5,9-10,13,21H,6-8,11-12H2,1-2H3. The van der Waals surface area contributed by atoms with Crippen LogP contribution in [0.3, 0.4) is 0 Å². The van der Waals surface area contributed by atoms with Crippen LogP contribution < -0.4 is 5.32 Å². The maximum atomic E-state index is 12.4. The third kappa shape index (κ3) is 3.67. The zero-order valence-corrected chi connectivity index (χ0v) is 14.5. The minimum atomic E-state index is 0.292. The number of nitrogens with zero attached hydrogens (tertiary/aromatic N) is 1. The zero-order valence-electron chi connectivity index (χ0n) is 13.7. The summed E-state index contributed by atoms with van der Waals surface area (Å²) in [5.74, 6) is 0.686. The molecular weight excluding hydrogens is 308 g/mol. The van der Waals surface area contributed by atoms with Gasteiger partial charge >= 0.3 is 0 Å². The molecule has 1 aromatic heterocycles.